The van der Waals surface area contributed by atoms with Crippen molar-refractivity contribution in [2.24, 2.45) is 5.41 Å². The van der Waals surface area contributed by atoms with Crippen LogP contribution < -0.4 is 10.2 Å². The van der Waals surface area contributed by atoms with E-state index < -0.39 is 0 Å². The topological polar surface area (TPSA) is 15.3 Å². The number of anilines is 1. The molecule has 0 aliphatic carbocycles. The highest BCUT2D eigenvalue weighted by Crippen LogP contribution is 2.39. The van der Waals surface area contributed by atoms with Crippen molar-refractivity contribution in [3.8, 4) is 0 Å². The molecular formula is C13H16ClFN2. The summed E-state index contributed by atoms with van der Waals surface area (Å²) in [4.78, 5) is 2.28. The Kier molecular flexibility index (Phi) is 2.75. The molecule has 92 valence electrons. The quantitative estimate of drug-likeness (QED) is 0.829. The van der Waals surface area contributed by atoms with Crippen LogP contribution in [0.25, 0.3) is 0 Å². The first-order valence-corrected chi connectivity index (χ1v) is 6.47. The molecule has 0 amide bonds. The predicted octanol–water partition coefficient (Wildman–Crippen LogP) is 2.67. The van der Waals surface area contributed by atoms with Crippen LogP contribution in [0.15, 0.2) is 18.2 Å². The number of piperidine rings is 1. The Morgan fingerprint density at radius 2 is 2.18 bits per heavy atom. The molecule has 2 heterocycles. The van der Waals surface area contributed by atoms with Gasteiger partial charge in [-0.2, -0.15) is 0 Å². The summed E-state index contributed by atoms with van der Waals surface area (Å²) in [5.74, 6) is -0.343. The van der Waals surface area contributed by atoms with Crippen LogP contribution in [-0.4, -0.2) is 26.2 Å². The molecular weight excluding hydrogens is 239 g/mol. The van der Waals surface area contributed by atoms with Gasteiger partial charge in [0, 0.05) is 30.7 Å². The van der Waals surface area contributed by atoms with Gasteiger partial charge < -0.3 is 10.2 Å². The number of hydrogen-bond acceptors (Lipinski definition) is 2. The molecule has 1 spiro atoms. The first-order chi connectivity index (χ1) is 8.19. The second-order valence-electron chi connectivity index (χ2n) is 5.23. The fraction of sp³-hybridized carbons (Fsp3) is 0.538. The van der Waals surface area contributed by atoms with Gasteiger partial charge in [0.15, 0.2) is 0 Å². The van der Waals surface area contributed by atoms with Gasteiger partial charge >= 0.3 is 0 Å². The van der Waals surface area contributed by atoms with E-state index in [4.69, 9.17) is 11.6 Å². The van der Waals surface area contributed by atoms with E-state index in [0.29, 0.717) is 5.41 Å². The molecule has 17 heavy (non-hydrogen) atoms. The number of rotatable bonds is 1. The molecule has 0 aromatic heterocycles. The van der Waals surface area contributed by atoms with E-state index in [1.165, 1.54) is 18.9 Å². The lowest BCUT2D eigenvalue weighted by Gasteiger charge is -2.53. The molecule has 0 saturated carbocycles. The third kappa shape index (κ3) is 2.02. The maximum Gasteiger partial charge on any atom is 0.141 e. The third-order valence-corrected chi connectivity index (χ3v) is 4.17. The first-order valence-electron chi connectivity index (χ1n) is 6.09. The van der Waals surface area contributed by atoms with Gasteiger partial charge in [0.2, 0.25) is 0 Å². The van der Waals surface area contributed by atoms with Gasteiger partial charge in [0.05, 0.1) is 5.02 Å². The lowest BCUT2D eigenvalue weighted by Crippen LogP contribution is -2.62. The predicted molar refractivity (Wildman–Crippen MR) is 68.2 cm³/mol. The van der Waals surface area contributed by atoms with Crippen LogP contribution in [0.4, 0.5) is 10.1 Å². The molecule has 0 unspecified atom stereocenters. The largest absolute Gasteiger partial charge is 0.370 e. The number of nitrogens with zero attached hydrogens (tertiary/aromatic N) is 1. The lowest BCUT2D eigenvalue weighted by atomic mass is 9.74. The number of halogens is 2. The van der Waals surface area contributed by atoms with Crippen molar-refractivity contribution in [1.82, 2.24) is 5.32 Å². The molecule has 2 saturated heterocycles. The van der Waals surface area contributed by atoms with E-state index in [1.54, 1.807) is 6.07 Å². The number of hydrogen-bond donors (Lipinski definition) is 1. The molecule has 1 N–H and O–H groups in total. The van der Waals surface area contributed by atoms with E-state index in [0.717, 1.165) is 31.9 Å². The smallest absolute Gasteiger partial charge is 0.141 e. The van der Waals surface area contributed by atoms with E-state index >= 15 is 0 Å². The minimum atomic E-state index is -0.343. The van der Waals surface area contributed by atoms with Crippen LogP contribution in [0.3, 0.4) is 0 Å². The van der Waals surface area contributed by atoms with Gasteiger partial charge in [0.1, 0.15) is 5.82 Å². The Morgan fingerprint density at radius 1 is 1.35 bits per heavy atom. The van der Waals surface area contributed by atoms with Crippen LogP contribution >= 0.6 is 11.6 Å². The molecule has 0 radical (unpaired) electrons. The zero-order valence-electron chi connectivity index (χ0n) is 9.68. The van der Waals surface area contributed by atoms with Crippen molar-refractivity contribution >= 4 is 17.3 Å². The van der Waals surface area contributed by atoms with Crippen molar-refractivity contribution in [2.45, 2.75) is 12.8 Å². The molecule has 0 atom stereocenters. The van der Waals surface area contributed by atoms with Crippen LogP contribution in [0.1, 0.15) is 12.8 Å². The molecule has 2 nitrogen and oxygen atoms in total. The minimum absolute atomic E-state index is 0.213. The zero-order chi connectivity index (χ0) is 11.9. The van der Waals surface area contributed by atoms with E-state index in [-0.39, 0.29) is 10.8 Å². The van der Waals surface area contributed by atoms with Gasteiger partial charge in [-0.3, -0.25) is 0 Å². The Bertz CT molecular complexity index is 421. The highest BCUT2D eigenvalue weighted by molar-refractivity contribution is 6.31. The molecule has 2 aliphatic rings. The van der Waals surface area contributed by atoms with Crippen LogP contribution in [0.2, 0.25) is 5.02 Å². The van der Waals surface area contributed by atoms with Crippen molar-refractivity contribution in [3.63, 3.8) is 0 Å². The maximum atomic E-state index is 13.1. The molecule has 3 rings (SSSR count). The van der Waals surface area contributed by atoms with Crippen molar-refractivity contribution in [3.05, 3.63) is 29.0 Å². The second kappa shape index (κ2) is 4.14. The summed E-state index contributed by atoms with van der Waals surface area (Å²) in [6, 6.07) is 4.98. The summed E-state index contributed by atoms with van der Waals surface area (Å²) in [7, 11) is 0. The van der Waals surface area contributed by atoms with Gasteiger partial charge in [-0.1, -0.05) is 11.6 Å². The summed E-state index contributed by atoms with van der Waals surface area (Å²) in [5, 5.41) is 3.67. The summed E-state index contributed by atoms with van der Waals surface area (Å²) in [6.07, 6.45) is 2.56. The molecule has 1 aromatic rings. The standard InChI is InChI=1S/C13H16ClFN2/c14-11-6-10(2-3-12(11)15)17-8-13(9-17)4-1-5-16-7-13/h2-3,6,16H,1,4-5,7-9H2. The van der Waals surface area contributed by atoms with Crippen LogP contribution in [0.5, 0.6) is 0 Å². The Morgan fingerprint density at radius 3 is 2.82 bits per heavy atom. The number of benzene rings is 1. The van der Waals surface area contributed by atoms with Crippen LogP contribution in [0, 0.1) is 11.2 Å². The fourth-order valence-corrected chi connectivity index (χ4v) is 3.10. The minimum Gasteiger partial charge on any atom is -0.370 e. The summed E-state index contributed by atoms with van der Waals surface area (Å²) < 4.78 is 13.1. The molecule has 4 heteroatoms. The molecule has 0 bridgehead atoms. The van der Waals surface area contributed by atoms with Crippen molar-refractivity contribution in [1.29, 1.82) is 0 Å². The fourth-order valence-electron chi connectivity index (χ4n) is 2.93. The van der Waals surface area contributed by atoms with Gasteiger partial charge in [0.25, 0.3) is 0 Å². The SMILES string of the molecule is Fc1ccc(N2CC3(CCCNC3)C2)cc1Cl. The summed E-state index contributed by atoms with van der Waals surface area (Å²) in [6.45, 7) is 4.37. The Balaban J connectivity index is 1.70. The van der Waals surface area contributed by atoms with Gasteiger partial charge in [-0.05, 0) is 37.6 Å². The van der Waals surface area contributed by atoms with E-state index in [9.17, 15) is 4.39 Å². The van der Waals surface area contributed by atoms with Crippen molar-refractivity contribution < 1.29 is 4.39 Å². The highest BCUT2D eigenvalue weighted by Gasteiger charge is 2.43. The van der Waals surface area contributed by atoms with E-state index in [2.05, 4.69) is 10.2 Å². The normalized spacial score (nSPS) is 22.6. The molecule has 2 fully saturated rings. The molecule has 1 aromatic carbocycles. The van der Waals surface area contributed by atoms with Crippen molar-refractivity contribution in [2.75, 3.05) is 31.1 Å². The maximum absolute atomic E-state index is 13.1. The lowest BCUT2D eigenvalue weighted by molar-refractivity contribution is 0.157. The Hall–Kier alpha value is -0.800. The molecule has 2 aliphatic heterocycles. The summed E-state index contributed by atoms with van der Waals surface area (Å²) >= 11 is 5.80. The van der Waals surface area contributed by atoms with Gasteiger partial charge in [-0.25, -0.2) is 4.39 Å². The monoisotopic (exact) mass is 254 g/mol. The average Bonchev–Trinajstić information content (AvgIpc) is 2.31. The van der Waals surface area contributed by atoms with Crippen LogP contribution in [-0.2, 0) is 0 Å². The first kappa shape index (κ1) is 11.3. The average molecular weight is 255 g/mol. The second-order valence-corrected chi connectivity index (χ2v) is 5.64. The van der Waals surface area contributed by atoms with Gasteiger partial charge in [-0.15, -0.1) is 0 Å². The third-order valence-electron chi connectivity index (χ3n) is 3.88. The highest BCUT2D eigenvalue weighted by atomic mass is 35.5. The van der Waals surface area contributed by atoms with E-state index in [1.807, 2.05) is 6.07 Å². The zero-order valence-corrected chi connectivity index (χ0v) is 10.4. The summed E-state index contributed by atoms with van der Waals surface area (Å²) in [5.41, 5.74) is 1.48. The Labute approximate surface area is 106 Å². The number of nitrogens with one attached hydrogen (secondary N) is 1.